The average Bonchev–Trinajstić information content (AvgIpc) is 2.84. The van der Waals surface area contributed by atoms with Gasteiger partial charge in [0.25, 0.3) is 0 Å². The molecule has 0 aliphatic carbocycles. The number of para-hydroxylation sites is 2. The maximum absolute atomic E-state index is 12.1. The van der Waals surface area contributed by atoms with Gasteiger partial charge in [0.1, 0.15) is 17.2 Å². The van der Waals surface area contributed by atoms with Gasteiger partial charge in [0.15, 0.2) is 0 Å². The largest absolute Gasteiger partial charge is 0.506 e. The van der Waals surface area contributed by atoms with Gasteiger partial charge in [-0.3, -0.25) is 4.79 Å². The van der Waals surface area contributed by atoms with Gasteiger partial charge in [0.05, 0.1) is 19.4 Å². The van der Waals surface area contributed by atoms with Crippen LogP contribution in [0.5, 0.6) is 17.2 Å². The SMILES string of the molecule is COc1ccc(NC(=O)Nc2ccc(OCCCCCC(=O)Nc3ccccc3O)cc2)cc1. The standard InChI is InChI=1S/C26H29N3O5/c1-33-21-14-10-19(11-15-21)27-26(32)28-20-12-16-22(17-13-20)34-18-6-2-3-9-25(31)29-23-7-4-5-8-24(23)30/h4-5,7-8,10-17,30H,2-3,6,9,18H2,1H3,(H,29,31)(H2,27,28,32). The highest BCUT2D eigenvalue weighted by Gasteiger charge is 2.06. The first-order valence-corrected chi connectivity index (χ1v) is 11.1. The molecule has 0 saturated carbocycles. The summed E-state index contributed by atoms with van der Waals surface area (Å²) in [5, 5.41) is 17.9. The second kappa shape index (κ2) is 12.7. The zero-order valence-corrected chi connectivity index (χ0v) is 19.0. The van der Waals surface area contributed by atoms with Crippen LogP contribution in [0.1, 0.15) is 25.7 Å². The highest BCUT2D eigenvalue weighted by Crippen LogP contribution is 2.22. The Hall–Kier alpha value is -4.20. The zero-order valence-electron chi connectivity index (χ0n) is 19.0. The van der Waals surface area contributed by atoms with Crippen LogP contribution in [0, 0.1) is 0 Å². The summed E-state index contributed by atoms with van der Waals surface area (Å²) < 4.78 is 10.8. The summed E-state index contributed by atoms with van der Waals surface area (Å²) >= 11 is 0. The highest BCUT2D eigenvalue weighted by molar-refractivity contribution is 5.99. The molecule has 0 aliphatic rings. The van der Waals surface area contributed by atoms with Crippen LogP contribution in [-0.2, 0) is 4.79 Å². The van der Waals surface area contributed by atoms with Gasteiger partial charge in [0, 0.05) is 17.8 Å². The maximum atomic E-state index is 12.1. The second-order valence-electron chi connectivity index (χ2n) is 7.56. The van der Waals surface area contributed by atoms with Gasteiger partial charge in [-0.25, -0.2) is 4.79 Å². The number of nitrogens with one attached hydrogen (secondary N) is 3. The molecule has 0 unspecified atom stereocenters. The number of carbonyl (C=O) groups is 2. The number of aromatic hydroxyl groups is 1. The Kier molecular flexibility index (Phi) is 9.16. The number of hydrogen-bond donors (Lipinski definition) is 4. The van der Waals surface area contributed by atoms with Gasteiger partial charge in [-0.15, -0.1) is 0 Å². The second-order valence-corrected chi connectivity index (χ2v) is 7.56. The van der Waals surface area contributed by atoms with Crippen LogP contribution in [0.2, 0.25) is 0 Å². The van der Waals surface area contributed by atoms with Crippen LogP contribution in [0.4, 0.5) is 21.9 Å². The molecule has 4 N–H and O–H groups in total. The monoisotopic (exact) mass is 463 g/mol. The molecule has 8 heteroatoms. The molecule has 178 valence electrons. The third kappa shape index (κ3) is 8.05. The van der Waals surface area contributed by atoms with Crippen LogP contribution in [0.15, 0.2) is 72.8 Å². The van der Waals surface area contributed by atoms with Crippen molar-refractivity contribution in [2.24, 2.45) is 0 Å². The predicted molar refractivity (Wildman–Crippen MR) is 133 cm³/mol. The first kappa shape index (κ1) is 24.4. The lowest BCUT2D eigenvalue weighted by atomic mass is 10.2. The fraction of sp³-hybridized carbons (Fsp3) is 0.231. The molecular weight excluding hydrogens is 434 g/mol. The number of rotatable bonds is 11. The summed E-state index contributed by atoms with van der Waals surface area (Å²) in [6, 6.07) is 20.5. The fourth-order valence-electron chi connectivity index (χ4n) is 3.15. The van der Waals surface area contributed by atoms with E-state index in [1.54, 1.807) is 73.8 Å². The van der Waals surface area contributed by atoms with E-state index in [0.29, 0.717) is 35.8 Å². The normalized spacial score (nSPS) is 10.3. The average molecular weight is 464 g/mol. The predicted octanol–water partition coefficient (Wildman–Crippen LogP) is 5.62. The van der Waals surface area contributed by atoms with Gasteiger partial charge >= 0.3 is 6.03 Å². The molecule has 0 atom stereocenters. The van der Waals surface area contributed by atoms with Crippen LogP contribution in [0.3, 0.4) is 0 Å². The number of ether oxygens (including phenoxy) is 2. The van der Waals surface area contributed by atoms with E-state index >= 15 is 0 Å². The van der Waals surface area contributed by atoms with E-state index in [0.717, 1.165) is 25.0 Å². The molecule has 3 amide bonds. The van der Waals surface area contributed by atoms with Crippen LogP contribution < -0.4 is 25.4 Å². The molecular formula is C26H29N3O5. The summed E-state index contributed by atoms with van der Waals surface area (Å²) in [5.74, 6) is 1.36. The summed E-state index contributed by atoms with van der Waals surface area (Å²) in [6.07, 6.45) is 2.77. The fourth-order valence-corrected chi connectivity index (χ4v) is 3.15. The summed E-state index contributed by atoms with van der Waals surface area (Å²) in [4.78, 5) is 24.1. The van der Waals surface area contributed by atoms with E-state index in [1.807, 2.05) is 0 Å². The van der Waals surface area contributed by atoms with Crippen molar-refractivity contribution in [2.45, 2.75) is 25.7 Å². The molecule has 0 saturated heterocycles. The molecule has 3 rings (SSSR count). The highest BCUT2D eigenvalue weighted by atomic mass is 16.5. The maximum Gasteiger partial charge on any atom is 0.323 e. The van der Waals surface area contributed by atoms with E-state index in [4.69, 9.17) is 9.47 Å². The molecule has 3 aromatic rings. The molecule has 8 nitrogen and oxygen atoms in total. The summed E-state index contributed by atoms with van der Waals surface area (Å²) in [7, 11) is 1.59. The first-order valence-electron chi connectivity index (χ1n) is 11.1. The summed E-state index contributed by atoms with van der Waals surface area (Å²) in [5.41, 5.74) is 1.73. The number of phenolic OH excluding ortho intramolecular Hbond substituents is 1. The topological polar surface area (TPSA) is 109 Å². The minimum Gasteiger partial charge on any atom is -0.506 e. The number of unbranched alkanes of at least 4 members (excludes halogenated alkanes) is 2. The van der Waals surface area contributed by atoms with E-state index in [9.17, 15) is 14.7 Å². The Bertz CT molecular complexity index is 1070. The van der Waals surface area contributed by atoms with Gasteiger partial charge < -0.3 is 30.5 Å². The van der Waals surface area contributed by atoms with Crippen molar-refractivity contribution < 1.29 is 24.2 Å². The lowest BCUT2D eigenvalue weighted by Gasteiger charge is -2.10. The van der Waals surface area contributed by atoms with Crippen LogP contribution in [0.25, 0.3) is 0 Å². The molecule has 0 heterocycles. The Balaban J connectivity index is 1.29. The number of amides is 3. The lowest BCUT2D eigenvalue weighted by Crippen LogP contribution is -2.19. The van der Waals surface area contributed by atoms with Crippen LogP contribution in [-0.4, -0.2) is 30.8 Å². The number of benzene rings is 3. The smallest absolute Gasteiger partial charge is 0.323 e. The van der Waals surface area contributed by atoms with E-state index in [2.05, 4.69) is 16.0 Å². The van der Waals surface area contributed by atoms with Gasteiger partial charge in [-0.2, -0.15) is 0 Å². The van der Waals surface area contributed by atoms with Crippen molar-refractivity contribution in [1.29, 1.82) is 0 Å². The van der Waals surface area contributed by atoms with E-state index < -0.39 is 0 Å². The van der Waals surface area contributed by atoms with Crippen molar-refractivity contribution in [3.8, 4) is 17.2 Å². The number of urea groups is 1. The molecule has 0 bridgehead atoms. The van der Waals surface area contributed by atoms with E-state index in [1.165, 1.54) is 6.07 Å². The van der Waals surface area contributed by atoms with Crippen molar-refractivity contribution in [3.05, 3.63) is 72.8 Å². The number of hydrogen-bond acceptors (Lipinski definition) is 5. The molecule has 0 aliphatic heterocycles. The third-order valence-corrected chi connectivity index (χ3v) is 4.96. The quantitative estimate of drug-likeness (QED) is 0.218. The van der Waals surface area contributed by atoms with Crippen molar-refractivity contribution in [1.82, 2.24) is 0 Å². The van der Waals surface area contributed by atoms with Crippen molar-refractivity contribution in [3.63, 3.8) is 0 Å². The van der Waals surface area contributed by atoms with Crippen LogP contribution >= 0.6 is 0 Å². The van der Waals surface area contributed by atoms with Gasteiger partial charge in [-0.1, -0.05) is 12.1 Å². The molecule has 34 heavy (non-hydrogen) atoms. The number of anilines is 3. The zero-order chi connectivity index (χ0) is 24.2. The Morgan fingerprint density at radius 3 is 2.00 bits per heavy atom. The minimum absolute atomic E-state index is 0.0586. The van der Waals surface area contributed by atoms with Gasteiger partial charge in [0.2, 0.25) is 5.91 Å². The molecule has 0 fully saturated rings. The molecule has 3 aromatic carbocycles. The molecule has 0 aromatic heterocycles. The number of methoxy groups -OCH3 is 1. The minimum atomic E-state index is -0.342. The third-order valence-electron chi connectivity index (χ3n) is 4.96. The van der Waals surface area contributed by atoms with Crippen molar-refractivity contribution >= 4 is 29.0 Å². The molecule has 0 spiro atoms. The van der Waals surface area contributed by atoms with E-state index in [-0.39, 0.29) is 17.7 Å². The number of carbonyl (C=O) groups excluding carboxylic acids is 2. The van der Waals surface area contributed by atoms with Crippen molar-refractivity contribution in [2.75, 3.05) is 29.7 Å². The Morgan fingerprint density at radius 1 is 0.765 bits per heavy atom. The first-order chi connectivity index (χ1) is 16.5. The van der Waals surface area contributed by atoms with Gasteiger partial charge in [-0.05, 0) is 79.9 Å². The number of phenols is 1. The Labute approximate surface area is 198 Å². The lowest BCUT2D eigenvalue weighted by molar-refractivity contribution is -0.116. The summed E-state index contributed by atoms with van der Waals surface area (Å²) in [6.45, 7) is 0.534. The Morgan fingerprint density at radius 2 is 1.38 bits per heavy atom. The molecule has 0 radical (unpaired) electrons.